The molecule has 1 unspecified atom stereocenters. The van der Waals surface area contributed by atoms with Crippen LogP contribution in [0.3, 0.4) is 0 Å². The monoisotopic (exact) mass is 445 g/mol. The van der Waals surface area contributed by atoms with E-state index in [2.05, 4.69) is 44.3 Å². The highest BCUT2D eigenvalue weighted by molar-refractivity contribution is 5.94. The molecule has 0 spiro atoms. The number of hydrogen-bond acceptors (Lipinski definition) is 3. The Bertz CT molecular complexity index is 1050. The molecule has 0 aliphatic rings. The molecule has 1 atom stereocenters. The van der Waals surface area contributed by atoms with Crippen molar-refractivity contribution >= 4 is 5.91 Å². The number of hydrogen-bond donors (Lipinski definition) is 1. The number of amides is 1. The van der Waals surface area contributed by atoms with Crippen molar-refractivity contribution in [2.24, 2.45) is 0 Å². The van der Waals surface area contributed by atoms with Crippen molar-refractivity contribution in [2.45, 2.75) is 58.6 Å². The van der Waals surface area contributed by atoms with Crippen molar-refractivity contribution < 1.29 is 14.3 Å². The highest BCUT2D eigenvalue weighted by Crippen LogP contribution is 2.32. The van der Waals surface area contributed by atoms with E-state index in [9.17, 15) is 4.79 Å². The van der Waals surface area contributed by atoms with Crippen molar-refractivity contribution in [2.75, 3.05) is 7.11 Å². The van der Waals surface area contributed by atoms with E-state index < -0.39 is 0 Å². The summed E-state index contributed by atoms with van der Waals surface area (Å²) in [4.78, 5) is 12.9. The van der Waals surface area contributed by atoms with Crippen LogP contribution in [-0.2, 0) is 18.4 Å². The second-order valence-electron chi connectivity index (χ2n) is 9.46. The standard InChI is InChI=1S/C29H35NO3/c1-21(15-16-22-11-7-6-8-12-22)30-28(31)23-17-18-26(32-5)24(19-23)20-33-27-14-10-9-13-25(27)29(2,3)4/h6-14,17-19,21H,15-16,20H2,1-5H3,(H,30,31). The normalized spacial score (nSPS) is 12.2. The lowest BCUT2D eigenvalue weighted by molar-refractivity contribution is 0.0938. The molecule has 4 heteroatoms. The maximum Gasteiger partial charge on any atom is 0.251 e. The SMILES string of the molecule is COc1ccc(C(=O)NC(C)CCc2ccccc2)cc1COc1ccccc1C(C)(C)C. The van der Waals surface area contributed by atoms with Crippen LogP contribution in [0.25, 0.3) is 0 Å². The molecule has 3 aromatic rings. The minimum Gasteiger partial charge on any atom is -0.496 e. The van der Waals surface area contributed by atoms with Gasteiger partial charge in [0, 0.05) is 17.2 Å². The van der Waals surface area contributed by atoms with Crippen LogP contribution in [0.2, 0.25) is 0 Å². The van der Waals surface area contributed by atoms with E-state index in [-0.39, 0.29) is 17.4 Å². The molecule has 0 saturated carbocycles. The summed E-state index contributed by atoms with van der Waals surface area (Å²) in [7, 11) is 1.63. The molecule has 0 heterocycles. The number of aryl methyl sites for hydroxylation is 1. The number of rotatable bonds is 9. The Morgan fingerprint density at radius 2 is 1.64 bits per heavy atom. The van der Waals surface area contributed by atoms with Gasteiger partial charge in [-0.2, -0.15) is 0 Å². The van der Waals surface area contributed by atoms with E-state index >= 15 is 0 Å². The summed E-state index contributed by atoms with van der Waals surface area (Å²) in [5.74, 6) is 1.46. The number of benzene rings is 3. The van der Waals surface area contributed by atoms with Crippen molar-refractivity contribution in [1.29, 1.82) is 0 Å². The third kappa shape index (κ3) is 6.85. The summed E-state index contributed by atoms with van der Waals surface area (Å²) >= 11 is 0. The molecule has 0 fully saturated rings. The summed E-state index contributed by atoms with van der Waals surface area (Å²) in [6.07, 6.45) is 1.81. The Morgan fingerprint density at radius 3 is 2.33 bits per heavy atom. The zero-order valence-electron chi connectivity index (χ0n) is 20.4. The van der Waals surface area contributed by atoms with Gasteiger partial charge in [-0.1, -0.05) is 69.3 Å². The van der Waals surface area contributed by atoms with Crippen molar-refractivity contribution in [1.82, 2.24) is 5.32 Å². The van der Waals surface area contributed by atoms with Crippen LogP contribution in [0.4, 0.5) is 0 Å². The van der Waals surface area contributed by atoms with Gasteiger partial charge in [0.1, 0.15) is 18.1 Å². The van der Waals surface area contributed by atoms with Gasteiger partial charge in [0.2, 0.25) is 0 Å². The highest BCUT2D eigenvalue weighted by Gasteiger charge is 2.19. The Balaban J connectivity index is 1.67. The zero-order chi connectivity index (χ0) is 23.8. The lowest BCUT2D eigenvalue weighted by atomic mass is 9.86. The van der Waals surface area contributed by atoms with E-state index in [4.69, 9.17) is 9.47 Å². The molecule has 174 valence electrons. The van der Waals surface area contributed by atoms with Gasteiger partial charge in [-0.15, -0.1) is 0 Å². The summed E-state index contributed by atoms with van der Waals surface area (Å²) in [5, 5.41) is 3.11. The first-order valence-electron chi connectivity index (χ1n) is 11.5. The number of methoxy groups -OCH3 is 1. The first kappa shape index (κ1) is 24.4. The molecule has 0 aromatic heterocycles. The van der Waals surface area contributed by atoms with Crippen molar-refractivity contribution in [3.63, 3.8) is 0 Å². The second kappa shape index (κ2) is 11.0. The van der Waals surface area contributed by atoms with E-state index in [1.165, 1.54) is 5.56 Å². The molecular formula is C29H35NO3. The maximum absolute atomic E-state index is 12.9. The van der Waals surface area contributed by atoms with Crippen LogP contribution in [0.5, 0.6) is 11.5 Å². The van der Waals surface area contributed by atoms with Crippen LogP contribution in [0.1, 0.15) is 61.2 Å². The van der Waals surface area contributed by atoms with E-state index in [1.807, 2.05) is 55.5 Å². The average Bonchev–Trinajstić information content (AvgIpc) is 2.81. The molecule has 4 nitrogen and oxygen atoms in total. The summed E-state index contributed by atoms with van der Waals surface area (Å²) in [5.41, 5.74) is 3.83. The van der Waals surface area contributed by atoms with Gasteiger partial charge in [-0.3, -0.25) is 4.79 Å². The molecule has 1 N–H and O–H groups in total. The van der Waals surface area contributed by atoms with Crippen LogP contribution in [-0.4, -0.2) is 19.1 Å². The molecule has 33 heavy (non-hydrogen) atoms. The molecule has 0 aliphatic carbocycles. The van der Waals surface area contributed by atoms with Gasteiger partial charge in [0.25, 0.3) is 5.91 Å². The van der Waals surface area contributed by atoms with Crippen molar-refractivity contribution in [3.05, 3.63) is 95.1 Å². The van der Waals surface area contributed by atoms with Crippen LogP contribution < -0.4 is 14.8 Å². The Hall–Kier alpha value is -3.27. The fourth-order valence-electron chi connectivity index (χ4n) is 3.81. The first-order chi connectivity index (χ1) is 15.8. The number of para-hydroxylation sites is 1. The quantitative estimate of drug-likeness (QED) is 0.419. The van der Waals surface area contributed by atoms with E-state index in [0.717, 1.165) is 29.7 Å². The molecule has 3 rings (SSSR count). The predicted octanol–water partition coefficient (Wildman–Crippen LogP) is 6.32. The molecule has 0 aliphatic heterocycles. The number of nitrogens with one attached hydrogen (secondary N) is 1. The van der Waals surface area contributed by atoms with Gasteiger partial charge in [-0.25, -0.2) is 0 Å². The minimum atomic E-state index is -0.0884. The molecular weight excluding hydrogens is 410 g/mol. The van der Waals surface area contributed by atoms with Gasteiger partial charge in [0.05, 0.1) is 7.11 Å². The van der Waals surface area contributed by atoms with Gasteiger partial charge < -0.3 is 14.8 Å². The van der Waals surface area contributed by atoms with Gasteiger partial charge in [0.15, 0.2) is 0 Å². The lowest BCUT2D eigenvalue weighted by Gasteiger charge is -2.23. The number of ether oxygens (including phenoxy) is 2. The average molecular weight is 446 g/mol. The second-order valence-corrected chi connectivity index (χ2v) is 9.46. The molecule has 0 bridgehead atoms. The first-order valence-corrected chi connectivity index (χ1v) is 11.5. The summed E-state index contributed by atoms with van der Waals surface area (Å²) in [6.45, 7) is 8.86. The summed E-state index contributed by atoms with van der Waals surface area (Å²) < 4.78 is 11.7. The Morgan fingerprint density at radius 1 is 0.939 bits per heavy atom. The van der Waals surface area contributed by atoms with Crippen LogP contribution >= 0.6 is 0 Å². The van der Waals surface area contributed by atoms with Crippen LogP contribution in [0, 0.1) is 0 Å². The van der Waals surface area contributed by atoms with Gasteiger partial charge in [-0.05, 0) is 60.6 Å². The molecule has 1 amide bonds. The van der Waals surface area contributed by atoms with Crippen molar-refractivity contribution in [3.8, 4) is 11.5 Å². The fourth-order valence-corrected chi connectivity index (χ4v) is 3.81. The Labute approximate surface area is 197 Å². The molecule has 0 radical (unpaired) electrons. The van der Waals surface area contributed by atoms with Gasteiger partial charge >= 0.3 is 0 Å². The van der Waals surface area contributed by atoms with E-state index in [0.29, 0.717) is 17.9 Å². The predicted molar refractivity (Wildman–Crippen MR) is 134 cm³/mol. The third-order valence-electron chi connectivity index (χ3n) is 5.71. The van der Waals surface area contributed by atoms with Crippen LogP contribution in [0.15, 0.2) is 72.8 Å². The highest BCUT2D eigenvalue weighted by atomic mass is 16.5. The number of carbonyl (C=O) groups is 1. The topological polar surface area (TPSA) is 47.6 Å². The largest absolute Gasteiger partial charge is 0.496 e. The lowest BCUT2D eigenvalue weighted by Crippen LogP contribution is -2.33. The summed E-state index contributed by atoms with van der Waals surface area (Å²) in [6, 6.07) is 24.0. The zero-order valence-corrected chi connectivity index (χ0v) is 20.4. The smallest absolute Gasteiger partial charge is 0.251 e. The molecule has 0 saturated heterocycles. The van der Waals surface area contributed by atoms with E-state index in [1.54, 1.807) is 13.2 Å². The minimum absolute atomic E-state index is 0.0295. The fraction of sp³-hybridized carbons (Fsp3) is 0.345. The number of carbonyl (C=O) groups excluding carboxylic acids is 1. The molecule has 3 aromatic carbocycles. The maximum atomic E-state index is 12.9. The third-order valence-corrected chi connectivity index (χ3v) is 5.71. The Kier molecular flexibility index (Phi) is 8.16.